The second-order valence-corrected chi connectivity index (χ2v) is 8.99. The summed E-state index contributed by atoms with van der Waals surface area (Å²) in [6, 6.07) is 3.32. The number of urea groups is 1. The van der Waals surface area contributed by atoms with Crippen molar-refractivity contribution in [2.24, 2.45) is 0 Å². The number of carbonyl (C=O) groups excluding carboxylic acids is 3. The van der Waals surface area contributed by atoms with Crippen molar-refractivity contribution in [3.63, 3.8) is 0 Å². The molecule has 10 heteroatoms. The number of aryl methyl sites for hydroxylation is 1. The quantitative estimate of drug-likeness (QED) is 0.605. The van der Waals surface area contributed by atoms with Crippen LogP contribution in [0, 0.1) is 6.92 Å². The number of imide groups is 1. The van der Waals surface area contributed by atoms with Crippen LogP contribution in [0.5, 0.6) is 0 Å². The number of ether oxygens (including phenoxy) is 1. The van der Waals surface area contributed by atoms with Gasteiger partial charge in [-0.2, -0.15) is 0 Å². The molecule has 0 aliphatic rings. The largest absolute Gasteiger partial charge is 0.449 e. The zero-order valence-corrected chi connectivity index (χ0v) is 17.7. The monoisotopic (exact) mass is 413 g/mol. The Morgan fingerprint density at radius 2 is 1.79 bits per heavy atom. The highest BCUT2D eigenvalue weighted by atomic mass is 32.2. The van der Waals surface area contributed by atoms with Crippen molar-refractivity contribution in [3.05, 3.63) is 29.3 Å². The molecule has 0 saturated carbocycles. The molecule has 1 atom stereocenters. The molecule has 0 bridgehead atoms. The first-order valence-corrected chi connectivity index (χ1v) is 10.2. The Labute approximate surface area is 165 Å². The number of esters is 1. The average molecular weight is 413 g/mol. The van der Waals surface area contributed by atoms with E-state index >= 15 is 0 Å². The van der Waals surface area contributed by atoms with E-state index in [4.69, 9.17) is 4.74 Å². The van der Waals surface area contributed by atoms with Gasteiger partial charge in [0.2, 0.25) is 10.0 Å². The number of nitrogens with one attached hydrogen (secondary N) is 3. The summed E-state index contributed by atoms with van der Waals surface area (Å²) in [5, 5.41) is 4.64. The number of hydrogen-bond acceptors (Lipinski definition) is 6. The summed E-state index contributed by atoms with van der Waals surface area (Å²) >= 11 is 0. The highest BCUT2D eigenvalue weighted by Gasteiger charge is 2.24. The van der Waals surface area contributed by atoms with Gasteiger partial charge in [-0.25, -0.2) is 22.7 Å². The minimum atomic E-state index is -3.75. The van der Waals surface area contributed by atoms with Crippen LogP contribution in [0.15, 0.2) is 23.1 Å². The average Bonchev–Trinajstić information content (AvgIpc) is 2.52. The highest BCUT2D eigenvalue weighted by Crippen LogP contribution is 2.17. The number of benzene rings is 1. The first-order valence-electron chi connectivity index (χ1n) is 8.71. The van der Waals surface area contributed by atoms with Gasteiger partial charge in [0.15, 0.2) is 6.10 Å². The van der Waals surface area contributed by atoms with Crippen LogP contribution in [-0.2, 0) is 19.6 Å². The van der Waals surface area contributed by atoms with Gasteiger partial charge >= 0.3 is 12.0 Å². The van der Waals surface area contributed by atoms with Crippen molar-refractivity contribution >= 4 is 27.9 Å². The van der Waals surface area contributed by atoms with E-state index in [-0.39, 0.29) is 17.0 Å². The highest BCUT2D eigenvalue weighted by molar-refractivity contribution is 7.89. The molecule has 0 radical (unpaired) electrons. The third kappa shape index (κ3) is 6.93. The van der Waals surface area contributed by atoms with E-state index in [9.17, 15) is 22.8 Å². The lowest BCUT2D eigenvalue weighted by atomic mass is 10.1. The van der Waals surface area contributed by atoms with E-state index in [2.05, 4.69) is 15.4 Å². The SMILES string of the molecule is CCNS(=O)(=O)c1ccc(C)c(C(=O)OC(C)C(=O)NC(=O)NC(C)(C)C)c1. The molecule has 1 aromatic rings. The second kappa shape index (κ2) is 9.16. The molecule has 9 nitrogen and oxygen atoms in total. The predicted octanol–water partition coefficient (Wildman–Crippen LogP) is 1.46. The second-order valence-electron chi connectivity index (χ2n) is 7.22. The van der Waals surface area contributed by atoms with Gasteiger partial charge in [-0.05, 0) is 52.3 Å². The zero-order chi connectivity index (χ0) is 21.7. The third-order valence-corrected chi connectivity index (χ3v) is 5.00. The summed E-state index contributed by atoms with van der Waals surface area (Å²) in [4.78, 5) is 36.1. The van der Waals surface area contributed by atoms with Gasteiger partial charge in [-0.1, -0.05) is 13.0 Å². The molecule has 3 N–H and O–H groups in total. The van der Waals surface area contributed by atoms with Crippen molar-refractivity contribution in [1.29, 1.82) is 0 Å². The van der Waals surface area contributed by atoms with Gasteiger partial charge in [0.05, 0.1) is 10.5 Å². The van der Waals surface area contributed by atoms with Crippen LogP contribution < -0.4 is 15.4 Å². The maximum absolute atomic E-state index is 12.4. The van der Waals surface area contributed by atoms with Gasteiger partial charge in [-0.3, -0.25) is 10.1 Å². The van der Waals surface area contributed by atoms with Crippen molar-refractivity contribution in [2.75, 3.05) is 6.54 Å². The normalized spacial score (nSPS) is 12.8. The van der Waals surface area contributed by atoms with Crippen LogP contribution in [0.2, 0.25) is 0 Å². The fraction of sp³-hybridized carbons (Fsp3) is 0.500. The lowest BCUT2D eigenvalue weighted by Gasteiger charge is -2.21. The van der Waals surface area contributed by atoms with Crippen LogP contribution >= 0.6 is 0 Å². The Morgan fingerprint density at radius 1 is 1.18 bits per heavy atom. The number of amides is 3. The van der Waals surface area contributed by atoms with Gasteiger partial charge in [0.1, 0.15) is 0 Å². The topological polar surface area (TPSA) is 131 Å². The van der Waals surface area contributed by atoms with Crippen LogP contribution in [0.3, 0.4) is 0 Å². The fourth-order valence-corrected chi connectivity index (χ4v) is 3.19. The third-order valence-electron chi connectivity index (χ3n) is 3.45. The molecule has 0 saturated heterocycles. The van der Waals surface area contributed by atoms with Crippen molar-refractivity contribution in [2.45, 2.75) is 58.1 Å². The van der Waals surface area contributed by atoms with Crippen molar-refractivity contribution < 1.29 is 27.5 Å². The molecule has 1 unspecified atom stereocenters. The molecule has 0 aromatic heterocycles. The lowest BCUT2D eigenvalue weighted by molar-refractivity contribution is -0.127. The van der Waals surface area contributed by atoms with E-state index in [0.29, 0.717) is 5.56 Å². The summed E-state index contributed by atoms with van der Waals surface area (Å²) in [5.74, 6) is -1.67. The molecule has 0 aliphatic carbocycles. The first-order chi connectivity index (χ1) is 12.8. The fourth-order valence-electron chi connectivity index (χ4n) is 2.12. The van der Waals surface area contributed by atoms with E-state index in [1.807, 2.05) is 0 Å². The van der Waals surface area contributed by atoms with Gasteiger partial charge in [0, 0.05) is 12.1 Å². The van der Waals surface area contributed by atoms with Gasteiger partial charge in [-0.15, -0.1) is 0 Å². The standard InChI is InChI=1S/C18H27N3O6S/c1-7-19-28(25,26)13-9-8-11(2)14(10-13)16(23)27-12(3)15(22)20-17(24)21-18(4,5)6/h8-10,12,19H,7H2,1-6H3,(H2,20,21,22,24). The van der Waals surface area contributed by atoms with E-state index < -0.39 is 39.6 Å². The Balaban J connectivity index is 2.89. The molecular formula is C18H27N3O6S. The summed E-state index contributed by atoms with van der Waals surface area (Å²) in [7, 11) is -3.75. The van der Waals surface area contributed by atoms with E-state index in [0.717, 1.165) is 0 Å². The van der Waals surface area contributed by atoms with E-state index in [1.165, 1.54) is 25.1 Å². The summed E-state index contributed by atoms with van der Waals surface area (Å²) in [6.45, 7) is 10.0. The summed E-state index contributed by atoms with van der Waals surface area (Å²) in [6.07, 6.45) is -1.26. The van der Waals surface area contributed by atoms with Crippen molar-refractivity contribution in [3.8, 4) is 0 Å². The molecule has 0 aliphatic heterocycles. The van der Waals surface area contributed by atoms with Crippen LogP contribution in [-0.4, -0.2) is 44.5 Å². The number of hydrogen-bond donors (Lipinski definition) is 3. The first kappa shape index (κ1) is 23.6. The molecule has 28 heavy (non-hydrogen) atoms. The van der Waals surface area contributed by atoms with Gasteiger partial charge in [0.25, 0.3) is 5.91 Å². The molecule has 0 fully saturated rings. The van der Waals surface area contributed by atoms with Crippen LogP contribution in [0.4, 0.5) is 4.79 Å². The van der Waals surface area contributed by atoms with Gasteiger partial charge < -0.3 is 10.1 Å². The smallest absolute Gasteiger partial charge is 0.339 e. The summed E-state index contributed by atoms with van der Waals surface area (Å²) in [5.41, 5.74) is -0.0452. The molecule has 1 rings (SSSR count). The maximum atomic E-state index is 12.4. The Bertz CT molecular complexity index is 859. The minimum Gasteiger partial charge on any atom is -0.449 e. The lowest BCUT2D eigenvalue weighted by Crippen LogP contribution is -2.50. The Kier molecular flexibility index (Phi) is 7.71. The van der Waals surface area contributed by atoms with E-state index in [1.54, 1.807) is 34.6 Å². The Morgan fingerprint density at radius 3 is 2.32 bits per heavy atom. The molecule has 0 spiro atoms. The number of rotatable bonds is 6. The molecular weight excluding hydrogens is 386 g/mol. The summed E-state index contributed by atoms with van der Waals surface area (Å²) < 4.78 is 31.7. The Hall–Kier alpha value is -2.46. The molecule has 3 amide bonds. The predicted molar refractivity (Wildman–Crippen MR) is 103 cm³/mol. The zero-order valence-electron chi connectivity index (χ0n) is 16.9. The number of sulfonamides is 1. The van der Waals surface area contributed by atoms with Crippen molar-refractivity contribution in [1.82, 2.24) is 15.4 Å². The maximum Gasteiger partial charge on any atom is 0.339 e. The van der Waals surface area contributed by atoms with Crippen LogP contribution in [0.1, 0.15) is 50.5 Å². The molecule has 156 valence electrons. The molecule has 0 heterocycles. The molecule has 1 aromatic carbocycles. The number of carbonyl (C=O) groups is 3. The minimum absolute atomic E-state index is 0.0118. The van der Waals surface area contributed by atoms with Crippen LogP contribution in [0.25, 0.3) is 0 Å².